The molecule has 0 aliphatic carbocycles. The number of ether oxygens (including phenoxy) is 2. The maximum atomic E-state index is 8.65. The average Bonchev–Trinajstić information content (AvgIpc) is 2.88. The Morgan fingerprint density at radius 3 is 3.11 bits per heavy atom. The summed E-state index contributed by atoms with van der Waals surface area (Å²) in [5.74, 6) is 0. The van der Waals surface area contributed by atoms with Gasteiger partial charge in [0.2, 0.25) is 0 Å². The van der Waals surface area contributed by atoms with E-state index in [1.807, 2.05) is 0 Å². The lowest BCUT2D eigenvalue weighted by molar-refractivity contribution is -0.0837. The third-order valence-corrected chi connectivity index (χ3v) is 3.74. The number of aliphatic hydroxyl groups excluding tert-OH is 1. The van der Waals surface area contributed by atoms with Crippen molar-refractivity contribution in [3.8, 4) is 0 Å². The Balaban J connectivity index is 1.81. The molecule has 4 nitrogen and oxygen atoms in total. The fourth-order valence-corrected chi connectivity index (χ4v) is 2.93. The number of hydrogen-bond donors (Lipinski definition) is 1. The van der Waals surface area contributed by atoms with Gasteiger partial charge in [-0.25, -0.2) is 0 Å². The Labute approximate surface area is 112 Å². The monoisotopic (exact) mass is 271 g/mol. The second-order valence-electron chi connectivity index (χ2n) is 4.59. The molecule has 0 radical (unpaired) electrons. The number of aliphatic hydroxyl groups is 1. The van der Waals surface area contributed by atoms with Crippen molar-refractivity contribution < 1.29 is 14.6 Å². The number of morpholine rings is 1. The van der Waals surface area contributed by atoms with Gasteiger partial charge in [0.1, 0.15) is 0 Å². The molecule has 2 atom stereocenters. The summed E-state index contributed by atoms with van der Waals surface area (Å²) >= 11 is 1.71. The maximum absolute atomic E-state index is 8.65. The molecule has 1 N–H and O–H groups in total. The summed E-state index contributed by atoms with van der Waals surface area (Å²) in [4.78, 5) is 2.37. The molecule has 2 heterocycles. The van der Waals surface area contributed by atoms with Crippen LogP contribution in [0.5, 0.6) is 0 Å². The van der Waals surface area contributed by atoms with Crippen molar-refractivity contribution in [1.29, 1.82) is 0 Å². The first kappa shape index (κ1) is 14.0. The highest BCUT2D eigenvalue weighted by atomic mass is 32.1. The van der Waals surface area contributed by atoms with E-state index in [9.17, 15) is 0 Å². The van der Waals surface area contributed by atoms with Crippen LogP contribution < -0.4 is 0 Å². The summed E-state index contributed by atoms with van der Waals surface area (Å²) in [6.07, 6.45) is 0.430. The summed E-state index contributed by atoms with van der Waals surface area (Å²) < 4.78 is 11.3. The first-order valence-corrected chi connectivity index (χ1v) is 7.32. The van der Waals surface area contributed by atoms with Gasteiger partial charge in [0.15, 0.2) is 0 Å². The van der Waals surface area contributed by atoms with E-state index in [0.717, 1.165) is 19.6 Å². The molecule has 1 aliphatic heterocycles. The van der Waals surface area contributed by atoms with Gasteiger partial charge in [-0.05, 0) is 29.3 Å². The Morgan fingerprint density at radius 1 is 1.50 bits per heavy atom. The molecule has 102 valence electrons. The van der Waals surface area contributed by atoms with Crippen LogP contribution in [0.1, 0.15) is 18.6 Å². The fraction of sp³-hybridized carbons (Fsp3) is 0.692. The van der Waals surface area contributed by atoms with Crippen LogP contribution in [-0.4, -0.2) is 55.6 Å². The minimum absolute atomic E-state index is 0.0943. The molecule has 0 saturated carbocycles. The maximum Gasteiger partial charge on any atom is 0.0964 e. The molecule has 1 aliphatic rings. The minimum atomic E-state index is 0.0943. The van der Waals surface area contributed by atoms with E-state index in [-0.39, 0.29) is 18.8 Å². The van der Waals surface area contributed by atoms with Gasteiger partial charge in [-0.15, -0.1) is 0 Å². The minimum Gasteiger partial charge on any atom is -0.394 e. The SMILES string of the molecule is CC1CN(CCOCCO)CC(c2ccsc2)O1. The van der Waals surface area contributed by atoms with Gasteiger partial charge in [0, 0.05) is 19.6 Å². The van der Waals surface area contributed by atoms with E-state index in [4.69, 9.17) is 14.6 Å². The van der Waals surface area contributed by atoms with Crippen molar-refractivity contribution in [1.82, 2.24) is 4.90 Å². The number of rotatable bonds is 6. The van der Waals surface area contributed by atoms with E-state index in [1.165, 1.54) is 5.56 Å². The Morgan fingerprint density at radius 2 is 2.39 bits per heavy atom. The predicted molar refractivity (Wildman–Crippen MR) is 72.0 cm³/mol. The second kappa shape index (κ2) is 7.21. The molecule has 1 aromatic rings. The van der Waals surface area contributed by atoms with Crippen molar-refractivity contribution in [2.24, 2.45) is 0 Å². The molecular weight excluding hydrogens is 250 g/mol. The van der Waals surface area contributed by atoms with Gasteiger partial charge in [0.05, 0.1) is 32.0 Å². The molecule has 0 spiro atoms. The first-order chi connectivity index (χ1) is 8.79. The molecular formula is C13H21NO3S. The quantitative estimate of drug-likeness (QED) is 0.797. The lowest BCUT2D eigenvalue weighted by Crippen LogP contribution is -2.44. The van der Waals surface area contributed by atoms with Crippen LogP contribution in [0.25, 0.3) is 0 Å². The predicted octanol–water partition coefficient (Wildman–Crippen LogP) is 1.52. The largest absolute Gasteiger partial charge is 0.394 e. The molecule has 0 aromatic carbocycles. The zero-order chi connectivity index (χ0) is 12.8. The van der Waals surface area contributed by atoms with E-state index in [0.29, 0.717) is 13.2 Å². The Bertz CT molecular complexity index is 331. The fourth-order valence-electron chi connectivity index (χ4n) is 2.22. The van der Waals surface area contributed by atoms with Crippen LogP contribution in [0, 0.1) is 0 Å². The van der Waals surface area contributed by atoms with E-state index >= 15 is 0 Å². The van der Waals surface area contributed by atoms with Gasteiger partial charge < -0.3 is 14.6 Å². The molecule has 1 fully saturated rings. The molecule has 18 heavy (non-hydrogen) atoms. The van der Waals surface area contributed by atoms with Crippen LogP contribution in [0.4, 0.5) is 0 Å². The zero-order valence-electron chi connectivity index (χ0n) is 10.7. The Hall–Kier alpha value is -0.460. The first-order valence-electron chi connectivity index (χ1n) is 6.38. The van der Waals surface area contributed by atoms with E-state index in [2.05, 4.69) is 28.7 Å². The summed E-state index contributed by atoms with van der Waals surface area (Å²) in [5.41, 5.74) is 1.27. The molecule has 1 saturated heterocycles. The van der Waals surface area contributed by atoms with Crippen molar-refractivity contribution in [2.75, 3.05) is 39.5 Å². The van der Waals surface area contributed by atoms with Crippen molar-refractivity contribution in [2.45, 2.75) is 19.1 Å². The van der Waals surface area contributed by atoms with Crippen LogP contribution in [-0.2, 0) is 9.47 Å². The van der Waals surface area contributed by atoms with Crippen LogP contribution >= 0.6 is 11.3 Å². The van der Waals surface area contributed by atoms with E-state index < -0.39 is 0 Å². The van der Waals surface area contributed by atoms with Crippen LogP contribution in [0.3, 0.4) is 0 Å². The number of nitrogens with zero attached hydrogens (tertiary/aromatic N) is 1. The topological polar surface area (TPSA) is 41.9 Å². The highest BCUT2D eigenvalue weighted by Crippen LogP contribution is 2.26. The highest BCUT2D eigenvalue weighted by Gasteiger charge is 2.26. The third-order valence-electron chi connectivity index (χ3n) is 3.04. The molecule has 2 unspecified atom stereocenters. The van der Waals surface area contributed by atoms with Crippen molar-refractivity contribution in [3.63, 3.8) is 0 Å². The average molecular weight is 271 g/mol. The summed E-state index contributed by atoms with van der Waals surface area (Å²) in [5, 5.41) is 12.9. The second-order valence-corrected chi connectivity index (χ2v) is 5.37. The van der Waals surface area contributed by atoms with Crippen molar-refractivity contribution in [3.05, 3.63) is 22.4 Å². The lowest BCUT2D eigenvalue weighted by Gasteiger charge is -2.36. The smallest absolute Gasteiger partial charge is 0.0964 e. The highest BCUT2D eigenvalue weighted by molar-refractivity contribution is 7.07. The number of hydrogen-bond acceptors (Lipinski definition) is 5. The summed E-state index contributed by atoms with van der Waals surface area (Å²) in [6, 6.07) is 2.13. The van der Waals surface area contributed by atoms with Gasteiger partial charge >= 0.3 is 0 Å². The van der Waals surface area contributed by atoms with Gasteiger partial charge in [-0.2, -0.15) is 11.3 Å². The van der Waals surface area contributed by atoms with Crippen LogP contribution in [0.2, 0.25) is 0 Å². The van der Waals surface area contributed by atoms with E-state index in [1.54, 1.807) is 11.3 Å². The normalized spacial score (nSPS) is 25.4. The van der Waals surface area contributed by atoms with Gasteiger partial charge in [-0.3, -0.25) is 4.90 Å². The van der Waals surface area contributed by atoms with Crippen molar-refractivity contribution >= 4 is 11.3 Å². The third kappa shape index (κ3) is 4.03. The summed E-state index contributed by atoms with van der Waals surface area (Å²) in [7, 11) is 0. The molecule has 5 heteroatoms. The summed E-state index contributed by atoms with van der Waals surface area (Å²) in [6.45, 7) is 6.07. The number of thiophene rings is 1. The van der Waals surface area contributed by atoms with Crippen LogP contribution in [0.15, 0.2) is 16.8 Å². The molecule has 1 aromatic heterocycles. The van der Waals surface area contributed by atoms with Gasteiger partial charge in [-0.1, -0.05) is 0 Å². The molecule has 0 amide bonds. The molecule has 2 rings (SSSR count). The Kier molecular flexibility index (Phi) is 5.59. The standard InChI is InChI=1S/C13H21NO3S/c1-11-8-14(3-5-16-6-4-15)9-13(17-11)12-2-7-18-10-12/h2,7,10-11,13,15H,3-6,8-9H2,1H3. The lowest BCUT2D eigenvalue weighted by atomic mass is 10.1. The van der Waals surface area contributed by atoms with Gasteiger partial charge in [0.25, 0.3) is 0 Å². The molecule has 0 bridgehead atoms. The zero-order valence-corrected chi connectivity index (χ0v) is 11.6.